The summed E-state index contributed by atoms with van der Waals surface area (Å²) in [6, 6.07) is 13.4. The van der Waals surface area contributed by atoms with Gasteiger partial charge in [0.2, 0.25) is 5.91 Å². The highest BCUT2D eigenvalue weighted by atomic mass is 32.2. The molecule has 1 amide bonds. The molecular weight excluding hydrogens is 364 g/mol. The van der Waals surface area contributed by atoms with Gasteiger partial charge in [-0.25, -0.2) is 9.97 Å². The minimum atomic E-state index is -0.422. The lowest BCUT2D eigenvalue weighted by Gasteiger charge is -1.98. The highest BCUT2D eigenvalue weighted by Gasteiger charge is 2.09. The van der Waals surface area contributed by atoms with E-state index in [4.69, 9.17) is 5.73 Å². The predicted molar refractivity (Wildman–Crippen MR) is 106 cm³/mol. The van der Waals surface area contributed by atoms with Gasteiger partial charge in [0, 0.05) is 22.3 Å². The average molecular weight is 380 g/mol. The second-order valence-electron chi connectivity index (χ2n) is 5.94. The van der Waals surface area contributed by atoms with Crippen LogP contribution in [0.25, 0.3) is 21.6 Å². The number of fused-ring (bicyclic) bond motifs is 1. The fourth-order valence-corrected chi connectivity index (χ4v) is 4.30. The van der Waals surface area contributed by atoms with Crippen molar-refractivity contribution in [3.63, 3.8) is 0 Å². The summed E-state index contributed by atoms with van der Waals surface area (Å²) in [5, 5.41) is 3.87. The van der Waals surface area contributed by atoms with E-state index in [0.717, 1.165) is 38.2 Å². The molecule has 2 aromatic heterocycles. The standard InChI is InChI=1S/C19H16N4OS2/c1-11-2-7-15-16(8-11)23-19(22-15)26-10-14-9-25-18(21-14)13-5-3-12(4-6-13)17(20)24/h2-9H,10H2,1H3,(H2,20,24)(H,22,23). The van der Waals surface area contributed by atoms with Gasteiger partial charge in [-0.15, -0.1) is 11.3 Å². The van der Waals surface area contributed by atoms with Crippen LogP contribution in [-0.2, 0) is 5.75 Å². The quantitative estimate of drug-likeness (QED) is 0.503. The highest BCUT2D eigenvalue weighted by Crippen LogP contribution is 2.28. The monoisotopic (exact) mass is 380 g/mol. The molecule has 4 rings (SSSR count). The lowest BCUT2D eigenvalue weighted by Crippen LogP contribution is -2.10. The molecule has 3 N–H and O–H groups in total. The first-order chi connectivity index (χ1) is 12.6. The number of thioether (sulfide) groups is 1. The Labute approximate surface area is 158 Å². The predicted octanol–water partition coefficient (Wildman–Crippen LogP) is 4.39. The summed E-state index contributed by atoms with van der Waals surface area (Å²) < 4.78 is 0. The Morgan fingerprint density at radius 3 is 2.77 bits per heavy atom. The van der Waals surface area contributed by atoms with Crippen LogP contribution in [0.15, 0.2) is 53.0 Å². The zero-order valence-corrected chi connectivity index (χ0v) is 15.7. The van der Waals surface area contributed by atoms with Gasteiger partial charge >= 0.3 is 0 Å². The maximum Gasteiger partial charge on any atom is 0.248 e. The molecule has 0 bridgehead atoms. The van der Waals surface area contributed by atoms with Crippen LogP contribution >= 0.6 is 23.1 Å². The lowest BCUT2D eigenvalue weighted by atomic mass is 10.1. The number of nitrogens with two attached hydrogens (primary N) is 1. The second-order valence-corrected chi connectivity index (χ2v) is 7.76. The van der Waals surface area contributed by atoms with Crippen molar-refractivity contribution >= 4 is 40.0 Å². The molecule has 2 aromatic carbocycles. The van der Waals surface area contributed by atoms with Gasteiger partial charge in [-0.2, -0.15) is 0 Å². The SMILES string of the molecule is Cc1ccc2nc(SCc3csc(-c4ccc(C(N)=O)cc4)n3)[nH]c2c1. The minimum absolute atomic E-state index is 0.422. The van der Waals surface area contributed by atoms with Gasteiger partial charge in [-0.1, -0.05) is 30.0 Å². The number of primary amides is 1. The van der Waals surface area contributed by atoms with Gasteiger partial charge in [0.25, 0.3) is 0 Å². The third kappa shape index (κ3) is 3.49. The molecule has 2 heterocycles. The van der Waals surface area contributed by atoms with Crippen LogP contribution < -0.4 is 5.73 Å². The molecule has 0 aliphatic carbocycles. The Morgan fingerprint density at radius 2 is 2.00 bits per heavy atom. The van der Waals surface area contributed by atoms with Crippen LogP contribution in [0.1, 0.15) is 21.6 Å². The van der Waals surface area contributed by atoms with E-state index in [-0.39, 0.29) is 0 Å². The molecule has 0 aliphatic rings. The number of aromatic nitrogens is 3. The van der Waals surface area contributed by atoms with Crippen molar-refractivity contribution in [3.8, 4) is 10.6 Å². The van der Waals surface area contributed by atoms with Crippen LogP contribution in [0.5, 0.6) is 0 Å². The highest BCUT2D eigenvalue weighted by molar-refractivity contribution is 7.98. The van der Waals surface area contributed by atoms with Gasteiger partial charge in [-0.05, 0) is 36.8 Å². The van der Waals surface area contributed by atoms with E-state index in [1.165, 1.54) is 5.56 Å². The summed E-state index contributed by atoms with van der Waals surface area (Å²) in [5.41, 5.74) is 11.0. The fraction of sp³-hybridized carbons (Fsp3) is 0.105. The number of aryl methyl sites for hydroxylation is 1. The number of rotatable bonds is 5. The van der Waals surface area contributed by atoms with Crippen molar-refractivity contribution in [2.24, 2.45) is 5.73 Å². The summed E-state index contributed by atoms with van der Waals surface area (Å²) in [4.78, 5) is 23.8. The number of benzene rings is 2. The second kappa shape index (κ2) is 6.93. The average Bonchev–Trinajstić information content (AvgIpc) is 3.26. The van der Waals surface area contributed by atoms with E-state index < -0.39 is 5.91 Å². The minimum Gasteiger partial charge on any atom is -0.366 e. The summed E-state index contributed by atoms with van der Waals surface area (Å²) in [6.07, 6.45) is 0. The molecule has 0 fully saturated rings. The largest absolute Gasteiger partial charge is 0.366 e. The van der Waals surface area contributed by atoms with Gasteiger partial charge in [0.05, 0.1) is 16.7 Å². The van der Waals surface area contributed by atoms with Crippen molar-refractivity contribution in [1.82, 2.24) is 15.0 Å². The Bertz CT molecular complexity index is 1080. The van der Waals surface area contributed by atoms with E-state index in [1.807, 2.05) is 18.2 Å². The normalized spacial score (nSPS) is 11.1. The first-order valence-corrected chi connectivity index (χ1v) is 9.89. The number of hydrogen-bond donors (Lipinski definition) is 2. The number of H-pyrrole nitrogens is 1. The number of hydrogen-bond acceptors (Lipinski definition) is 5. The molecule has 7 heteroatoms. The zero-order chi connectivity index (χ0) is 18.1. The van der Waals surface area contributed by atoms with Gasteiger partial charge in [0.15, 0.2) is 5.16 Å². The van der Waals surface area contributed by atoms with Gasteiger partial charge in [0.1, 0.15) is 5.01 Å². The molecule has 5 nitrogen and oxygen atoms in total. The molecule has 0 saturated heterocycles. The van der Waals surface area contributed by atoms with Crippen LogP contribution in [-0.4, -0.2) is 20.9 Å². The van der Waals surface area contributed by atoms with E-state index in [2.05, 4.69) is 39.4 Å². The van der Waals surface area contributed by atoms with Crippen LogP contribution in [0.4, 0.5) is 0 Å². The zero-order valence-electron chi connectivity index (χ0n) is 14.0. The maximum atomic E-state index is 11.2. The molecule has 130 valence electrons. The number of nitrogens with one attached hydrogen (secondary N) is 1. The number of amides is 1. The molecule has 26 heavy (non-hydrogen) atoms. The number of carbonyl (C=O) groups is 1. The number of imidazole rings is 1. The van der Waals surface area contributed by atoms with Crippen molar-refractivity contribution in [3.05, 3.63) is 64.7 Å². The lowest BCUT2D eigenvalue weighted by molar-refractivity contribution is 0.100. The fourth-order valence-electron chi connectivity index (χ4n) is 2.59. The Balaban J connectivity index is 1.46. The summed E-state index contributed by atoms with van der Waals surface area (Å²) in [5.74, 6) is 0.322. The summed E-state index contributed by atoms with van der Waals surface area (Å²) >= 11 is 3.22. The Kier molecular flexibility index (Phi) is 4.48. The molecular formula is C19H16N4OS2. The molecule has 0 unspecified atom stereocenters. The Morgan fingerprint density at radius 1 is 1.19 bits per heavy atom. The topological polar surface area (TPSA) is 84.7 Å². The number of carbonyl (C=O) groups excluding carboxylic acids is 1. The number of nitrogens with zero attached hydrogens (tertiary/aromatic N) is 2. The molecule has 4 aromatic rings. The first-order valence-electron chi connectivity index (χ1n) is 8.02. The van der Waals surface area contributed by atoms with Crippen molar-refractivity contribution < 1.29 is 4.79 Å². The van der Waals surface area contributed by atoms with E-state index >= 15 is 0 Å². The van der Waals surface area contributed by atoms with Crippen molar-refractivity contribution in [2.75, 3.05) is 0 Å². The first kappa shape index (κ1) is 16.8. The van der Waals surface area contributed by atoms with Crippen molar-refractivity contribution in [2.45, 2.75) is 17.8 Å². The van der Waals surface area contributed by atoms with Crippen LogP contribution in [0.2, 0.25) is 0 Å². The van der Waals surface area contributed by atoms with Crippen LogP contribution in [0.3, 0.4) is 0 Å². The molecule has 0 atom stereocenters. The van der Waals surface area contributed by atoms with E-state index in [0.29, 0.717) is 5.56 Å². The van der Waals surface area contributed by atoms with E-state index in [9.17, 15) is 4.79 Å². The summed E-state index contributed by atoms with van der Waals surface area (Å²) in [6.45, 7) is 2.07. The third-order valence-corrected chi connectivity index (χ3v) is 5.79. The molecule has 0 aliphatic heterocycles. The number of aromatic amines is 1. The smallest absolute Gasteiger partial charge is 0.248 e. The maximum absolute atomic E-state index is 11.2. The van der Waals surface area contributed by atoms with Crippen LogP contribution in [0, 0.1) is 6.92 Å². The van der Waals surface area contributed by atoms with Crippen molar-refractivity contribution in [1.29, 1.82) is 0 Å². The molecule has 0 radical (unpaired) electrons. The number of thiazole rings is 1. The Hall–Kier alpha value is -2.64. The summed E-state index contributed by atoms with van der Waals surface area (Å²) in [7, 11) is 0. The van der Waals surface area contributed by atoms with E-state index in [1.54, 1.807) is 35.2 Å². The third-order valence-electron chi connectivity index (χ3n) is 3.94. The molecule has 0 saturated carbocycles. The van der Waals surface area contributed by atoms with Gasteiger partial charge < -0.3 is 10.7 Å². The van der Waals surface area contributed by atoms with Gasteiger partial charge in [-0.3, -0.25) is 4.79 Å². The molecule has 0 spiro atoms.